The minimum atomic E-state index is -0.0293. The van der Waals surface area contributed by atoms with E-state index in [4.69, 9.17) is 0 Å². The molecule has 0 aliphatic carbocycles. The molecule has 1 heterocycles. The Bertz CT molecular complexity index is 740. The van der Waals surface area contributed by atoms with Gasteiger partial charge in [0.25, 0.3) is 0 Å². The van der Waals surface area contributed by atoms with E-state index in [1.807, 2.05) is 54.6 Å². The Morgan fingerprint density at radius 1 is 1.00 bits per heavy atom. The Hall–Kier alpha value is -2.46. The molecule has 0 spiro atoms. The number of nitrogens with one attached hydrogen (secondary N) is 2. The number of hydrogen-bond acceptors (Lipinski definition) is 3. The van der Waals surface area contributed by atoms with Crippen molar-refractivity contribution in [1.29, 1.82) is 0 Å². The summed E-state index contributed by atoms with van der Waals surface area (Å²) in [5.74, 6) is -0.0169. The molecular formula is C22H26N2O2. The van der Waals surface area contributed by atoms with Crippen molar-refractivity contribution >= 4 is 11.7 Å². The second-order valence-electron chi connectivity index (χ2n) is 7.01. The summed E-state index contributed by atoms with van der Waals surface area (Å²) in [5, 5.41) is 6.42. The molecule has 1 fully saturated rings. The van der Waals surface area contributed by atoms with E-state index in [0.29, 0.717) is 11.6 Å². The second kappa shape index (κ2) is 8.77. The molecule has 0 bridgehead atoms. The van der Waals surface area contributed by atoms with E-state index < -0.39 is 0 Å². The van der Waals surface area contributed by atoms with E-state index in [1.54, 1.807) is 0 Å². The summed E-state index contributed by atoms with van der Waals surface area (Å²) >= 11 is 0. The summed E-state index contributed by atoms with van der Waals surface area (Å²) in [6, 6.07) is 18.3. The first-order valence-corrected chi connectivity index (χ1v) is 9.33. The second-order valence-corrected chi connectivity index (χ2v) is 7.01. The molecule has 1 aliphatic rings. The summed E-state index contributed by atoms with van der Waals surface area (Å²) in [6.45, 7) is 3.06. The quantitative estimate of drug-likeness (QED) is 0.783. The van der Waals surface area contributed by atoms with Crippen LogP contribution in [0.25, 0.3) is 11.1 Å². The van der Waals surface area contributed by atoms with Crippen LogP contribution in [0.15, 0.2) is 54.6 Å². The van der Waals surface area contributed by atoms with Gasteiger partial charge in [-0.1, -0.05) is 54.6 Å². The Labute approximate surface area is 155 Å². The third-order valence-corrected chi connectivity index (χ3v) is 4.88. The van der Waals surface area contributed by atoms with Crippen molar-refractivity contribution in [2.45, 2.75) is 44.7 Å². The lowest BCUT2D eigenvalue weighted by Crippen LogP contribution is -2.46. The van der Waals surface area contributed by atoms with E-state index in [-0.39, 0.29) is 30.6 Å². The van der Waals surface area contributed by atoms with Crippen LogP contribution in [0.3, 0.4) is 0 Å². The number of rotatable bonds is 6. The monoisotopic (exact) mass is 350 g/mol. The third-order valence-electron chi connectivity index (χ3n) is 4.88. The predicted octanol–water partition coefficient (Wildman–Crippen LogP) is 3.57. The first-order chi connectivity index (χ1) is 12.6. The minimum absolute atomic E-state index is 0.0124. The van der Waals surface area contributed by atoms with Crippen molar-refractivity contribution in [2.24, 2.45) is 0 Å². The molecule has 1 amide bonds. The van der Waals surface area contributed by atoms with Gasteiger partial charge in [0.05, 0.1) is 0 Å². The number of hydrogen-bond donors (Lipinski definition) is 2. The Kier molecular flexibility index (Phi) is 6.18. The van der Waals surface area contributed by atoms with Gasteiger partial charge in [0.2, 0.25) is 5.91 Å². The van der Waals surface area contributed by atoms with Crippen LogP contribution in [-0.4, -0.2) is 30.3 Å². The molecule has 1 aliphatic heterocycles. The molecular weight excluding hydrogens is 324 g/mol. The SMILES string of the molecule is CC1CC(NC(=O)CCC(=O)c2ccc(-c3ccccc3)cc2)CCN1. The van der Waals surface area contributed by atoms with Gasteiger partial charge < -0.3 is 10.6 Å². The molecule has 2 N–H and O–H groups in total. The van der Waals surface area contributed by atoms with Gasteiger partial charge >= 0.3 is 0 Å². The number of piperidine rings is 1. The van der Waals surface area contributed by atoms with Gasteiger partial charge in [0.15, 0.2) is 5.78 Å². The average molecular weight is 350 g/mol. The van der Waals surface area contributed by atoms with E-state index in [1.165, 1.54) is 0 Å². The van der Waals surface area contributed by atoms with Crippen LogP contribution >= 0.6 is 0 Å². The summed E-state index contributed by atoms with van der Waals surface area (Å²) in [6.07, 6.45) is 2.39. The maximum absolute atomic E-state index is 12.4. The Morgan fingerprint density at radius 3 is 2.38 bits per heavy atom. The van der Waals surface area contributed by atoms with E-state index in [0.717, 1.165) is 30.5 Å². The van der Waals surface area contributed by atoms with Gasteiger partial charge in [-0.3, -0.25) is 9.59 Å². The number of ketones is 1. The van der Waals surface area contributed by atoms with Crippen LogP contribution in [-0.2, 0) is 4.79 Å². The van der Waals surface area contributed by atoms with Crippen molar-refractivity contribution in [3.8, 4) is 11.1 Å². The normalized spacial score (nSPS) is 19.7. The largest absolute Gasteiger partial charge is 0.353 e. The lowest BCUT2D eigenvalue weighted by atomic mass is 9.99. The van der Waals surface area contributed by atoms with E-state index >= 15 is 0 Å². The van der Waals surface area contributed by atoms with Crippen LogP contribution in [0.1, 0.15) is 43.0 Å². The molecule has 2 aromatic rings. The highest BCUT2D eigenvalue weighted by atomic mass is 16.2. The van der Waals surface area contributed by atoms with Crippen molar-refractivity contribution in [2.75, 3.05) is 6.54 Å². The smallest absolute Gasteiger partial charge is 0.220 e. The highest BCUT2D eigenvalue weighted by Gasteiger charge is 2.20. The molecule has 1 saturated heterocycles. The molecule has 0 saturated carbocycles. The third kappa shape index (κ3) is 5.02. The fraction of sp³-hybridized carbons (Fsp3) is 0.364. The summed E-state index contributed by atoms with van der Waals surface area (Å²) < 4.78 is 0. The number of amides is 1. The van der Waals surface area contributed by atoms with Crippen LogP contribution < -0.4 is 10.6 Å². The van der Waals surface area contributed by atoms with Crippen molar-refractivity contribution < 1.29 is 9.59 Å². The number of Topliss-reactive ketones (excluding diaryl/α,β-unsaturated/α-hetero) is 1. The number of benzene rings is 2. The predicted molar refractivity (Wildman–Crippen MR) is 104 cm³/mol. The van der Waals surface area contributed by atoms with Crippen molar-refractivity contribution in [1.82, 2.24) is 10.6 Å². The molecule has 2 aromatic carbocycles. The summed E-state index contributed by atoms with van der Waals surface area (Å²) in [5.41, 5.74) is 2.87. The van der Waals surface area contributed by atoms with Gasteiger partial charge in [0.1, 0.15) is 0 Å². The molecule has 4 nitrogen and oxygen atoms in total. The van der Waals surface area contributed by atoms with Gasteiger partial charge in [-0.15, -0.1) is 0 Å². The van der Waals surface area contributed by atoms with Gasteiger partial charge in [-0.05, 0) is 37.4 Å². The summed E-state index contributed by atoms with van der Waals surface area (Å²) in [4.78, 5) is 24.5. The van der Waals surface area contributed by atoms with Gasteiger partial charge in [-0.25, -0.2) is 0 Å². The van der Waals surface area contributed by atoms with Crippen LogP contribution in [0.5, 0.6) is 0 Å². The molecule has 26 heavy (non-hydrogen) atoms. The molecule has 0 radical (unpaired) electrons. The van der Waals surface area contributed by atoms with Crippen LogP contribution in [0.4, 0.5) is 0 Å². The first kappa shape index (κ1) is 18.3. The minimum Gasteiger partial charge on any atom is -0.353 e. The van der Waals surface area contributed by atoms with E-state index in [9.17, 15) is 9.59 Å². The Morgan fingerprint density at radius 2 is 1.69 bits per heavy atom. The lowest BCUT2D eigenvalue weighted by Gasteiger charge is -2.28. The average Bonchev–Trinajstić information content (AvgIpc) is 2.67. The molecule has 0 aromatic heterocycles. The molecule has 136 valence electrons. The molecule has 2 unspecified atom stereocenters. The topological polar surface area (TPSA) is 58.2 Å². The van der Waals surface area contributed by atoms with E-state index in [2.05, 4.69) is 17.6 Å². The van der Waals surface area contributed by atoms with Gasteiger partial charge in [-0.2, -0.15) is 0 Å². The zero-order valence-electron chi connectivity index (χ0n) is 15.2. The van der Waals surface area contributed by atoms with Gasteiger partial charge in [0, 0.05) is 30.5 Å². The van der Waals surface area contributed by atoms with Crippen LogP contribution in [0, 0.1) is 0 Å². The number of carbonyl (C=O) groups is 2. The maximum atomic E-state index is 12.4. The maximum Gasteiger partial charge on any atom is 0.220 e. The van der Waals surface area contributed by atoms with Crippen LogP contribution in [0.2, 0.25) is 0 Å². The molecule has 3 rings (SSSR count). The first-order valence-electron chi connectivity index (χ1n) is 9.33. The zero-order chi connectivity index (χ0) is 18.4. The van der Waals surface area contributed by atoms with Crippen molar-refractivity contribution in [3.63, 3.8) is 0 Å². The van der Waals surface area contributed by atoms with Crippen molar-refractivity contribution in [3.05, 3.63) is 60.2 Å². The standard InChI is InChI=1S/C22H26N2O2/c1-16-15-20(13-14-23-16)24-22(26)12-11-21(25)19-9-7-18(8-10-19)17-5-3-2-4-6-17/h2-10,16,20,23H,11-15H2,1H3,(H,24,26). The summed E-state index contributed by atoms with van der Waals surface area (Å²) in [7, 11) is 0. The Balaban J connectivity index is 1.49. The molecule has 4 heteroatoms. The fourth-order valence-corrected chi connectivity index (χ4v) is 3.41. The fourth-order valence-electron chi connectivity index (χ4n) is 3.41. The highest BCUT2D eigenvalue weighted by molar-refractivity contribution is 5.98. The lowest BCUT2D eigenvalue weighted by molar-refractivity contribution is -0.122. The molecule has 2 atom stereocenters. The zero-order valence-corrected chi connectivity index (χ0v) is 15.2. The number of carbonyl (C=O) groups excluding carboxylic acids is 2. The highest BCUT2D eigenvalue weighted by Crippen LogP contribution is 2.20.